The summed E-state index contributed by atoms with van der Waals surface area (Å²) in [6.45, 7) is 5.95. The number of anilines is 2. The molecule has 0 atom stereocenters. The van der Waals surface area contributed by atoms with Gasteiger partial charge in [-0.25, -0.2) is 4.79 Å². The highest BCUT2D eigenvalue weighted by atomic mass is 16.6. The quantitative estimate of drug-likeness (QED) is 0.0155. The minimum atomic E-state index is -0.581. The van der Waals surface area contributed by atoms with Crippen LogP contribution in [-0.2, 0) is 19.1 Å². The number of nitro benzene ring substituents is 2. The van der Waals surface area contributed by atoms with E-state index in [9.17, 15) is 29.8 Å². The number of carbonyl (C=O) groups excluding carboxylic acids is 2. The van der Waals surface area contributed by atoms with Gasteiger partial charge in [-0.1, -0.05) is 19.4 Å². The molecule has 4 aromatic carbocycles. The fourth-order valence-electron chi connectivity index (χ4n) is 5.68. The van der Waals surface area contributed by atoms with Crippen LogP contribution in [0.3, 0.4) is 0 Å². The molecule has 0 aromatic heterocycles. The third-order valence-electron chi connectivity index (χ3n) is 9.18. The van der Waals surface area contributed by atoms with Gasteiger partial charge in [-0.2, -0.15) is 20.5 Å². The van der Waals surface area contributed by atoms with E-state index in [0.717, 1.165) is 69.4 Å². The van der Waals surface area contributed by atoms with Crippen molar-refractivity contribution < 1.29 is 28.9 Å². The molecule has 0 bridgehead atoms. The van der Waals surface area contributed by atoms with Crippen LogP contribution in [-0.4, -0.2) is 62.2 Å². The molecule has 0 aliphatic rings. The van der Waals surface area contributed by atoms with Gasteiger partial charge in [0, 0.05) is 68.4 Å². The Bertz CT molecular complexity index is 2040. The van der Waals surface area contributed by atoms with Gasteiger partial charge >= 0.3 is 11.9 Å². The Kier molecular flexibility index (Phi) is 18.3. The van der Waals surface area contributed by atoms with Crippen molar-refractivity contribution in [1.82, 2.24) is 0 Å². The van der Waals surface area contributed by atoms with Crippen LogP contribution in [0.15, 0.2) is 130 Å². The average molecular weight is 807 g/mol. The maximum absolute atomic E-state index is 12.3. The van der Waals surface area contributed by atoms with Gasteiger partial charge in [-0.3, -0.25) is 25.0 Å². The molecule has 0 heterocycles. The van der Waals surface area contributed by atoms with Crippen molar-refractivity contribution in [3.8, 4) is 0 Å². The number of azo groups is 2. The monoisotopic (exact) mass is 806 g/mol. The van der Waals surface area contributed by atoms with Crippen LogP contribution in [0.4, 0.5) is 45.5 Å². The Morgan fingerprint density at radius 1 is 0.542 bits per heavy atom. The third-order valence-corrected chi connectivity index (χ3v) is 9.18. The minimum Gasteiger partial charge on any atom is -0.465 e. The molecule has 0 amide bonds. The number of carbonyl (C=O) groups is 2. The van der Waals surface area contributed by atoms with Crippen molar-refractivity contribution in [2.24, 2.45) is 20.5 Å². The molecular weight excluding hydrogens is 757 g/mol. The van der Waals surface area contributed by atoms with Crippen molar-refractivity contribution in [3.63, 3.8) is 0 Å². The molecule has 0 saturated carbocycles. The number of ether oxygens (including phenoxy) is 2. The second-order valence-electron chi connectivity index (χ2n) is 13.8. The van der Waals surface area contributed by atoms with Crippen molar-refractivity contribution in [3.05, 3.63) is 129 Å². The van der Waals surface area contributed by atoms with E-state index in [-0.39, 0.29) is 36.6 Å². The van der Waals surface area contributed by atoms with Gasteiger partial charge in [0.1, 0.15) is 0 Å². The van der Waals surface area contributed by atoms with Crippen molar-refractivity contribution in [2.75, 3.05) is 50.2 Å². The molecule has 0 aliphatic carbocycles. The number of nitrogens with zero attached hydrogens (tertiary/aromatic N) is 8. The highest BCUT2D eigenvalue weighted by Crippen LogP contribution is 2.25. The van der Waals surface area contributed by atoms with Crippen molar-refractivity contribution >= 4 is 57.4 Å². The number of benzene rings is 4. The standard InChI is InChI=1S/C43H50N8O8/c1-33(43(53)59-31-11-7-5-9-29-49(3)39-22-14-35(15-23-39)45-47-37-18-26-41(27-19-37)51(56)57)32-42(52)58-30-10-6-4-8-28-48(2)38-20-12-34(13-21-38)44-46-36-16-24-40(25-17-36)50(54)55/h12-27H,1,4-11,28-32H2,2-3H3. The minimum absolute atomic E-state index is 0.00330. The molecule has 16 nitrogen and oxygen atoms in total. The van der Waals surface area contributed by atoms with Gasteiger partial charge in [0.05, 0.1) is 52.2 Å². The van der Waals surface area contributed by atoms with E-state index in [1.165, 1.54) is 24.3 Å². The van der Waals surface area contributed by atoms with Gasteiger partial charge in [0.15, 0.2) is 0 Å². The molecule has 0 unspecified atom stereocenters. The fraction of sp³-hybridized carbons (Fsp3) is 0.349. The van der Waals surface area contributed by atoms with E-state index in [2.05, 4.69) is 36.8 Å². The number of esters is 2. The molecule has 0 fully saturated rings. The van der Waals surface area contributed by atoms with Crippen LogP contribution in [0.25, 0.3) is 0 Å². The summed E-state index contributed by atoms with van der Waals surface area (Å²) in [6, 6.07) is 27.1. The first-order chi connectivity index (χ1) is 28.5. The zero-order chi connectivity index (χ0) is 42.4. The SMILES string of the molecule is C=C(CC(=O)OCCCCCCN(C)c1ccc(N=Nc2ccc([N+](=O)[O-])cc2)cc1)C(=O)OCCCCCCN(C)c1ccc(N=Nc2ccc([N+](=O)[O-])cc2)cc1. The van der Waals surface area contributed by atoms with Crippen LogP contribution < -0.4 is 9.80 Å². The van der Waals surface area contributed by atoms with Gasteiger partial charge in [0.2, 0.25) is 0 Å². The zero-order valence-corrected chi connectivity index (χ0v) is 33.5. The molecule has 0 N–H and O–H groups in total. The van der Waals surface area contributed by atoms with E-state index in [4.69, 9.17) is 9.47 Å². The van der Waals surface area contributed by atoms with Gasteiger partial charge in [-0.15, -0.1) is 0 Å². The first-order valence-electron chi connectivity index (χ1n) is 19.4. The summed E-state index contributed by atoms with van der Waals surface area (Å²) in [5.41, 5.74) is 4.57. The number of unbranched alkanes of at least 4 members (excludes halogenated alkanes) is 6. The Morgan fingerprint density at radius 2 is 0.881 bits per heavy atom. The van der Waals surface area contributed by atoms with E-state index >= 15 is 0 Å². The van der Waals surface area contributed by atoms with E-state index < -0.39 is 21.8 Å². The molecule has 59 heavy (non-hydrogen) atoms. The summed E-state index contributed by atoms with van der Waals surface area (Å²) in [5, 5.41) is 38.3. The first kappa shape index (κ1) is 44.9. The lowest BCUT2D eigenvalue weighted by atomic mass is 10.2. The number of hydrogen-bond donors (Lipinski definition) is 0. The Morgan fingerprint density at radius 3 is 1.25 bits per heavy atom. The smallest absolute Gasteiger partial charge is 0.333 e. The first-order valence-corrected chi connectivity index (χ1v) is 19.4. The molecule has 0 aliphatic heterocycles. The lowest BCUT2D eigenvalue weighted by molar-refractivity contribution is -0.385. The van der Waals surface area contributed by atoms with Crippen LogP contribution in [0.2, 0.25) is 0 Å². The number of non-ortho nitro benzene ring substituents is 2. The fourth-order valence-corrected chi connectivity index (χ4v) is 5.68. The topological polar surface area (TPSA) is 195 Å². The molecular formula is C43H50N8O8. The highest BCUT2D eigenvalue weighted by Gasteiger charge is 2.14. The van der Waals surface area contributed by atoms with Gasteiger partial charge < -0.3 is 19.3 Å². The maximum Gasteiger partial charge on any atom is 0.333 e. The summed E-state index contributed by atoms with van der Waals surface area (Å²) in [4.78, 5) is 49.5. The molecule has 16 heteroatoms. The Hall–Kier alpha value is -6.84. The van der Waals surface area contributed by atoms with Crippen molar-refractivity contribution in [1.29, 1.82) is 0 Å². The molecule has 4 aromatic rings. The summed E-state index contributed by atoms with van der Waals surface area (Å²) < 4.78 is 10.6. The van der Waals surface area contributed by atoms with Crippen LogP contribution in [0.1, 0.15) is 57.8 Å². The predicted octanol–water partition coefficient (Wildman–Crippen LogP) is 11.1. The molecule has 0 radical (unpaired) electrons. The summed E-state index contributed by atoms with van der Waals surface area (Å²) in [5.74, 6) is -1.07. The van der Waals surface area contributed by atoms with E-state index in [1.54, 1.807) is 24.3 Å². The largest absolute Gasteiger partial charge is 0.465 e. The van der Waals surface area contributed by atoms with Crippen LogP contribution in [0, 0.1) is 20.2 Å². The highest BCUT2D eigenvalue weighted by molar-refractivity contribution is 5.93. The summed E-state index contributed by atoms with van der Waals surface area (Å²) in [7, 11) is 4.03. The van der Waals surface area contributed by atoms with Crippen LogP contribution >= 0.6 is 0 Å². The molecule has 0 saturated heterocycles. The van der Waals surface area contributed by atoms with Crippen molar-refractivity contribution in [2.45, 2.75) is 57.8 Å². The summed E-state index contributed by atoms with van der Waals surface area (Å²) in [6.07, 6.45) is 6.89. The number of hydrogen-bond acceptors (Lipinski definition) is 14. The Labute approximate surface area is 343 Å². The predicted molar refractivity (Wildman–Crippen MR) is 227 cm³/mol. The van der Waals surface area contributed by atoms with E-state index in [1.807, 2.05) is 62.6 Å². The lowest BCUT2D eigenvalue weighted by Gasteiger charge is -2.19. The summed E-state index contributed by atoms with van der Waals surface area (Å²) >= 11 is 0. The number of rotatable bonds is 25. The number of nitro groups is 2. The third kappa shape index (κ3) is 16.3. The lowest BCUT2D eigenvalue weighted by Crippen LogP contribution is -2.18. The van der Waals surface area contributed by atoms with Gasteiger partial charge in [0.25, 0.3) is 11.4 Å². The normalized spacial score (nSPS) is 11.1. The zero-order valence-electron chi connectivity index (χ0n) is 33.5. The molecule has 0 spiro atoms. The molecule has 4 rings (SSSR count). The molecule has 310 valence electrons. The average Bonchev–Trinajstić information content (AvgIpc) is 3.24. The van der Waals surface area contributed by atoms with E-state index in [0.29, 0.717) is 29.2 Å². The van der Waals surface area contributed by atoms with Crippen LogP contribution in [0.5, 0.6) is 0 Å². The maximum atomic E-state index is 12.3. The second-order valence-corrected chi connectivity index (χ2v) is 13.8. The second kappa shape index (κ2) is 24.0. The Balaban J connectivity index is 0.976. The van der Waals surface area contributed by atoms with Gasteiger partial charge in [-0.05, 0) is 111 Å².